The highest BCUT2D eigenvalue weighted by atomic mass is 16.3. The van der Waals surface area contributed by atoms with E-state index in [0.717, 1.165) is 11.3 Å². The number of pyridine rings is 1. The quantitative estimate of drug-likeness (QED) is 0.630. The van der Waals surface area contributed by atoms with Crippen molar-refractivity contribution < 1.29 is 5.11 Å². The number of aromatic nitrogens is 3. The highest BCUT2D eigenvalue weighted by molar-refractivity contribution is 5.67. The molecule has 0 spiro atoms. The van der Waals surface area contributed by atoms with Crippen LogP contribution in [-0.2, 0) is 0 Å². The Labute approximate surface area is 151 Å². The molecule has 0 aliphatic heterocycles. The number of nitrogens with one attached hydrogen (secondary N) is 2. The molecule has 2 heterocycles. The van der Waals surface area contributed by atoms with Gasteiger partial charge in [0.1, 0.15) is 5.82 Å². The Morgan fingerprint density at radius 1 is 1.19 bits per heavy atom. The highest BCUT2D eigenvalue weighted by Gasteiger charge is 2.10. The van der Waals surface area contributed by atoms with Crippen molar-refractivity contribution >= 4 is 17.5 Å². The van der Waals surface area contributed by atoms with Gasteiger partial charge < -0.3 is 15.7 Å². The lowest BCUT2D eigenvalue weighted by Gasteiger charge is -2.14. The predicted molar refractivity (Wildman–Crippen MR) is 99.9 cm³/mol. The normalized spacial score (nSPS) is 11.4. The fourth-order valence-electron chi connectivity index (χ4n) is 2.32. The van der Waals surface area contributed by atoms with Crippen LogP contribution in [0.2, 0.25) is 0 Å². The van der Waals surface area contributed by atoms with Gasteiger partial charge >= 0.3 is 0 Å². The van der Waals surface area contributed by atoms with E-state index < -0.39 is 0 Å². The monoisotopic (exact) mass is 346 g/mol. The first-order valence-electron chi connectivity index (χ1n) is 8.12. The van der Waals surface area contributed by atoms with Crippen LogP contribution in [0.1, 0.15) is 12.5 Å². The lowest BCUT2D eigenvalue weighted by atomic mass is 10.2. The van der Waals surface area contributed by atoms with Gasteiger partial charge in [-0.1, -0.05) is 6.07 Å². The molecule has 0 unspecified atom stereocenters. The summed E-state index contributed by atoms with van der Waals surface area (Å²) < 4.78 is 0. The second kappa shape index (κ2) is 8.05. The Bertz CT molecular complexity index is 923. The van der Waals surface area contributed by atoms with Crippen molar-refractivity contribution in [2.45, 2.75) is 13.0 Å². The van der Waals surface area contributed by atoms with E-state index in [4.69, 9.17) is 5.26 Å². The molecule has 0 saturated heterocycles. The van der Waals surface area contributed by atoms with Gasteiger partial charge in [0.05, 0.1) is 23.9 Å². The molecule has 130 valence electrons. The molecular formula is C19H18N6O. The minimum atomic E-state index is -0.186. The van der Waals surface area contributed by atoms with E-state index in [9.17, 15) is 5.11 Å². The number of nitrogens with zero attached hydrogens (tertiary/aromatic N) is 4. The number of nitriles is 1. The van der Waals surface area contributed by atoms with Gasteiger partial charge in [-0.3, -0.25) is 4.98 Å². The van der Waals surface area contributed by atoms with Gasteiger partial charge in [-0.05, 0) is 37.3 Å². The van der Waals surface area contributed by atoms with Crippen molar-refractivity contribution in [1.29, 1.82) is 5.26 Å². The summed E-state index contributed by atoms with van der Waals surface area (Å²) in [4.78, 5) is 13.1. The molecule has 3 rings (SSSR count). The van der Waals surface area contributed by atoms with Crippen LogP contribution < -0.4 is 10.6 Å². The lowest BCUT2D eigenvalue weighted by Crippen LogP contribution is -2.21. The summed E-state index contributed by atoms with van der Waals surface area (Å²) in [5.74, 6) is 0.966. The molecule has 0 amide bonds. The van der Waals surface area contributed by atoms with E-state index in [-0.39, 0.29) is 12.6 Å². The van der Waals surface area contributed by atoms with E-state index in [1.54, 1.807) is 30.6 Å². The molecule has 0 aliphatic rings. The summed E-state index contributed by atoms with van der Waals surface area (Å²) in [6.45, 7) is 1.80. The maximum absolute atomic E-state index is 9.27. The molecule has 0 bridgehead atoms. The van der Waals surface area contributed by atoms with Crippen molar-refractivity contribution in [2.75, 3.05) is 17.2 Å². The first-order valence-corrected chi connectivity index (χ1v) is 8.12. The van der Waals surface area contributed by atoms with Crippen LogP contribution >= 0.6 is 0 Å². The van der Waals surface area contributed by atoms with Crippen LogP contribution in [0.3, 0.4) is 0 Å². The molecule has 0 radical (unpaired) electrons. The second-order valence-corrected chi connectivity index (χ2v) is 5.75. The number of hydrogen-bond donors (Lipinski definition) is 3. The van der Waals surface area contributed by atoms with Crippen LogP contribution in [-0.4, -0.2) is 32.7 Å². The molecule has 1 atom stereocenters. The SMILES string of the molecule is C[C@H](CO)Nc1nc(Nc2cccc(C#N)c2)cc(-c2cccnc2)n1. The molecule has 7 heteroatoms. The Kier molecular flexibility index (Phi) is 5.37. The smallest absolute Gasteiger partial charge is 0.225 e. The van der Waals surface area contributed by atoms with Gasteiger partial charge in [-0.15, -0.1) is 0 Å². The lowest BCUT2D eigenvalue weighted by molar-refractivity contribution is 0.281. The topological polar surface area (TPSA) is 107 Å². The molecule has 0 saturated carbocycles. The average Bonchev–Trinajstić information content (AvgIpc) is 2.68. The summed E-state index contributed by atoms with van der Waals surface area (Å²) in [6, 6.07) is 14.6. The van der Waals surface area contributed by atoms with Gasteiger partial charge in [-0.2, -0.15) is 10.2 Å². The number of rotatable bonds is 6. The van der Waals surface area contributed by atoms with E-state index in [2.05, 4.69) is 31.7 Å². The summed E-state index contributed by atoms with van der Waals surface area (Å²) >= 11 is 0. The third-order valence-corrected chi connectivity index (χ3v) is 3.60. The average molecular weight is 346 g/mol. The second-order valence-electron chi connectivity index (χ2n) is 5.75. The molecular weight excluding hydrogens is 328 g/mol. The Morgan fingerprint density at radius 2 is 2.08 bits per heavy atom. The Morgan fingerprint density at radius 3 is 2.81 bits per heavy atom. The summed E-state index contributed by atoms with van der Waals surface area (Å²) in [6.07, 6.45) is 3.42. The first kappa shape index (κ1) is 17.3. The molecule has 3 aromatic rings. The minimum Gasteiger partial charge on any atom is -0.394 e. The molecule has 0 fully saturated rings. The van der Waals surface area contributed by atoms with Crippen LogP contribution in [0, 0.1) is 11.3 Å². The van der Waals surface area contributed by atoms with Crippen LogP contribution in [0.4, 0.5) is 17.5 Å². The van der Waals surface area contributed by atoms with E-state index in [1.807, 2.05) is 31.2 Å². The third-order valence-electron chi connectivity index (χ3n) is 3.60. The number of hydrogen-bond acceptors (Lipinski definition) is 7. The maximum Gasteiger partial charge on any atom is 0.225 e. The largest absolute Gasteiger partial charge is 0.394 e. The Hall–Kier alpha value is -3.50. The summed E-state index contributed by atoms with van der Waals surface area (Å²) in [5, 5.41) is 24.6. The van der Waals surface area contributed by atoms with Gasteiger partial charge in [-0.25, -0.2) is 4.98 Å². The fourth-order valence-corrected chi connectivity index (χ4v) is 2.32. The van der Waals surface area contributed by atoms with Gasteiger partial charge in [0.15, 0.2) is 0 Å². The van der Waals surface area contributed by atoms with Gasteiger partial charge in [0, 0.05) is 35.8 Å². The van der Waals surface area contributed by atoms with Crippen LogP contribution in [0.25, 0.3) is 11.3 Å². The van der Waals surface area contributed by atoms with Crippen molar-refractivity contribution in [1.82, 2.24) is 15.0 Å². The molecule has 0 aliphatic carbocycles. The zero-order valence-electron chi connectivity index (χ0n) is 14.2. The summed E-state index contributed by atoms with van der Waals surface area (Å²) in [7, 11) is 0. The van der Waals surface area contributed by atoms with Gasteiger partial charge in [0.25, 0.3) is 0 Å². The maximum atomic E-state index is 9.27. The zero-order chi connectivity index (χ0) is 18.4. The molecule has 26 heavy (non-hydrogen) atoms. The Balaban J connectivity index is 1.97. The molecule has 7 nitrogen and oxygen atoms in total. The first-order chi connectivity index (χ1) is 12.7. The van der Waals surface area contributed by atoms with E-state index in [1.165, 1.54) is 0 Å². The predicted octanol–water partition coefficient (Wildman–Crippen LogP) is 2.95. The fraction of sp³-hybridized carbons (Fsp3) is 0.158. The van der Waals surface area contributed by atoms with E-state index >= 15 is 0 Å². The van der Waals surface area contributed by atoms with Crippen molar-refractivity contribution in [3.63, 3.8) is 0 Å². The van der Waals surface area contributed by atoms with Crippen LogP contribution in [0.15, 0.2) is 54.9 Å². The van der Waals surface area contributed by atoms with Crippen molar-refractivity contribution in [3.8, 4) is 17.3 Å². The standard InChI is InChI=1S/C19H18N6O/c1-13(12-26)22-19-24-17(15-5-3-7-21-11-15)9-18(25-19)23-16-6-2-4-14(8-16)10-20/h2-9,11,13,26H,12H2,1H3,(H2,22,23,24,25)/t13-/m1/s1. The number of benzene rings is 1. The molecule has 3 N–H and O–H groups in total. The molecule has 1 aromatic carbocycles. The third kappa shape index (κ3) is 4.32. The van der Waals surface area contributed by atoms with Gasteiger partial charge in [0.2, 0.25) is 5.95 Å². The number of anilines is 3. The summed E-state index contributed by atoms with van der Waals surface area (Å²) in [5.41, 5.74) is 2.85. The van der Waals surface area contributed by atoms with Crippen LogP contribution in [0.5, 0.6) is 0 Å². The number of aliphatic hydroxyl groups excluding tert-OH is 1. The zero-order valence-corrected chi connectivity index (χ0v) is 14.2. The van der Waals surface area contributed by atoms with Crippen molar-refractivity contribution in [2.24, 2.45) is 0 Å². The minimum absolute atomic E-state index is 0.0343. The number of aliphatic hydroxyl groups is 1. The van der Waals surface area contributed by atoms with Crippen molar-refractivity contribution in [3.05, 3.63) is 60.4 Å². The van der Waals surface area contributed by atoms with E-state index in [0.29, 0.717) is 23.0 Å². The molecule has 2 aromatic heterocycles. The highest BCUT2D eigenvalue weighted by Crippen LogP contribution is 2.23.